The largest absolute Gasteiger partial charge is 0.383 e. The summed E-state index contributed by atoms with van der Waals surface area (Å²) in [5.41, 5.74) is 0. The zero-order valence-corrected chi connectivity index (χ0v) is 7.50. The van der Waals surface area contributed by atoms with Gasteiger partial charge in [-0.2, -0.15) is 5.26 Å². The van der Waals surface area contributed by atoms with Gasteiger partial charge in [-0.05, 0) is 13.5 Å². The summed E-state index contributed by atoms with van der Waals surface area (Å²) in [6.07, 6.45) is 0. The molecule has 1 atom stereocenters. The smallest absolute Gasteiger partial charge is 0.0868 e. The van der Waals surface area contributed by atoms with Crippen molar-refractivity contribution in [1.82, 2.24) is 4.90 Å². The van der Waals surface area contributed by atoms with Gasteiger partial charge in [0.05, 0.1) is 19.2 Å². The second-order valence-electron chi connectivity index (χ2n) is 2.53. The Morgan fingerprint density at radius 2 is 2.27 bits per heavy atom. The van der Waals surface area contributed by atoms with Crippen LogP contribution in [0, 0.1) is 11.3 Å². The Kier molecular flexibility index (Phi) is 5.81. The molecule has 3 nitrogen and oxygen atoms in total. The lowest BCUT2D eigenvalue weighted by molar-refractivity contribution is 0.111. The zero-order valence-electron chi connectivity index (χ0n) is 7.50. The van der Waals surface area contributed by atoms with Crippen molar-refractivity contribution in [2.45, 2.75) is 19.9 Å². The Hall–Kier alpha value is -0.590. The molecule has 0 rings (SSSR count). The normalized spacial score (nSPS) is 13.0. The van der Waals surface area contributed by atoms with Gasteiger partial charge in [-0.3, -0.25) is 4.90 Å². The fourth-order valence-corrected chi connectivity index (χ4v) is 1.02. The average molecular weight is 156 g/mol. The standard InChI is InChI=1S/C8H16N2O/c1-4-10(6-5-9)8(2)7-11-3/h8H,4,6-7H2,1-3H3. The monoisotopic (exact) mass is 156 g/mol. The third-order valence-electron chi connectivity index (χ3n) is 1.71. The molecular weight excluding hydrogens is 140 g/mol. The van der Waals surface area contributed by atoms with Crippen LogP contribution < -0.4 is 0 Å². The van der Waals surface area contributed by atoms with Crippen LogP contribution in [-0.2, 0) is 4.74 Å². The minimum absolute atomic E-state index is 0.338. The van der Waals surface area contributed by atoms with Crippen LogP contribution in [0.15, 0.2) is 0 Å². The van der Waals surface area contributed by atoms with Crippen molar-refractivity contribution in [2.24, 2.45) is 0 Å². The van der Waals surface area contributed by atoms with Gasteiger partial charge in [0, 0.05) is 13.2 Å². The molecule has 0 fully saturated rings. The van der Waals surface area contributed by atoms with E-state index in [2.05, 4.69) is 17.9 Å². The van der Waals surface area contributed by atoms with Crippen molar-refractivity contribution in [1.29, 1.82) is 5.26 Å². The number of nitrogens with zero attached hydrogens (tertiary/aromatic N) is 2. The van der Waals surface area contributed by atoms with E-state index >= 15 is 0 Å². The molecule has 0 bridgehead atoms. The van der Waals surface area contributed by atoms with Gasteiger partial charge in [0.2, 0.25) is 0 Å². The summed E-state index contributed by atoms with van der Waals surface area (Å²) in [5, 5.41) is 8.45. The summed E-state index contributed by atoms with van der Waals surface area (Å²) < 4.78 is 4.98. The molecule has 0 saturated carbocycles. The third kappa shape index (κ3) is 3.97. The van der Waals surface area contributed by atoms with Gasteiger partial charge < -0.3 is 4.74 Å². The first-order valence-corrected chi connectivity index (χ1v) is 3.86. The fourth-order valence-electron chi connectivity index (χ4n) is 1.02. The molecule has 0 heterocycles. The average Bonchev–Trinajstić information content (AvgIpc) is 2.00. The van der Waals surface area contributed by atoms with Crippen LogP contribution in [0.5, 0.6) is 0 Å². The van der Waals surface area contributed by atoms with Crippen LogP contribution >= 0.6 is 0 Å². The number of methoxy groups -OCH3 is 1. The number of likely N-dealkylation sites (N-methyl/N-ethyl adjacent to an activating group) is 1. The van der Waals surface area contributed by atoms with Gasteiger partial charge in [0.25, 0.3) is 0 Å². The van der Waals surface area contributed by atoms with Crippen molar-refractivity contribution in [3.63, 3.8) is 0 Å². The van der Waals surface area contributed by atoms with E-state index in [-0.39, 0.29) is 0 Å². The summed E-state index contributed by atoms with van der Waals surface area (Å²) in [5.74, 6) is 0. The maximum Gasteiger partial charge on any atom is 0.0868 e. The highest BCUT2D eigenvalue weighted by Gasteiger charge is 2.09. The van der Waals surface area contributed by atoms with Gasteiger partial charge in [0.1, 0.15) is 0 Å². The second-order valence-corrected chi connectivity index (χ2v) is 2.53. The number of hydrogen-bond donors (Lipinski definition) is 0. The first-order chi connectivity index (χ1) is 5.26. The molecule has 0 amide bonds. The van der Waals surface area contributed by atoms with Crippen molar-refractivity contribution >= 4 is 0 Å². The Morgan fingerprint density at radius 3 is 2.64 bits per heavy atom. The maximum atomic E-state index is 8.45. The van der Waals surface area contributed by atoms with E-state index in [1.165, 1.54) is 0 Å². The van der Waals surface area contributed by atoms with Crippen molar-refractivity contribution in [2.75, 3.05) is 26.8 Å². The highest BCUT2D eigenvalue weighted by atomic mass is 16.5. The Balaban J connectivity index is 3.73. The number of nitriles is 1. The van der Waals surface area contributed by atoms with Crippen molar-refractivity contribution < 1.29 is 4.74 Å². The molecule has 0 aromatic heterocycles. The minimum Gasteiger partial charge on any atom is -0.383 e. The Bertz CT molecular complexity index is 131. The summed E-state index contributed by atoms with van der Waals surface area (Å²) in [6, 6.07) is 2.47. The summed E-state index contributed by atoms with van der Waals surface area (Å²) in [6.45, 7) is 6.18. The molecule has 0 saturated heterocycles. The van der Waals surface area contributed by atoms with E-state index in [9.17, 15) is 0 Å². The highest BCUT2D eigenvalue weighted by molar-refractivity contribution is 4.78. The summed E-state index contributed by atoms with van der Waals surface area (Å²) >= 11 is 0. The SMILES string of the molecule is CCN(CC#N)C(C)COC. The highest BCUT2D eigenvalue weighted by Crippen LogP contribution is 1.97. The third-order valence-corrected chi connectivity index (χ3v) is 1.71. The molecule has 0 aliphatic rings. The quantitative estimate of drug-likeness (QED) is 0.554. The zero-order chi connectivity index (χ0) is 8.69. The maximum absolute atomic E-state index is 8.45. The molecule has 11 heavy (non-hydrogen) atoms. The Morgan fingerprint density at radius 1 is 1.64 bits per heavy atom. The lowest BCUT2D eigenvalue weighted by Gasteiger charge is -2.23. The van der Waals surface area contributed by atoms with Crippen LogP contribution in [0.4, 0.5) is 0 Å². The van der Waals surface area contributed by atoms with Crippen LogP contribution in [0.25, 0.3) is 0 Å². The van der Waals surface area contributed by atoms with Gasteiger partial charge in [0.15, 0.2) is 0 Å². The summed E-state index contributed by atoms with van der Waals surface area (Å²) in [7, 11) is 1.68. The second kappa shape index (κ2) is 6.14. The molecule has 64 valence electrons. The lowest BCUT2D eigenvalue weighted by Crippen LogP contribution is -2.36. The molecule has 0 N–H and O–H groups in total. The first kappa shape index (κ1) is 10.4. The number of rotatable bonds is 5. The van der Waals surface area contributed by atoms with Crippen LogP contribution in [0.1, 0.15) is 13.8 Å². The van der Waals surface area contributed by atoms with E-state index in [0.29, 0.717) is 19.2 Å². The van der Waals surface area contributed by atoms with Gasteiger partial charge >= 0.3 is 0 Å². The predicted molar refractivity (Wildman–Crippen MR) is 44.2 cm³/mol. The van der Waals surface area contributed by atoms with Crippen LogP contribution in [-0.4, -0.2) is 37.7 Å². The Labute approximate surface area is 68.6 Å². The van der Waals surface area contributed by atoms with E-state index in [4.69, 9.17) is 10.00 Å². The van der Waals surface area contributed by atoms with Gasteiger partial charge in [-0.1, -0.05) is 6.92 Å². The van der Waals surface area contributed by atoms with E-state index in [1.807, 2.05) is 6.92 Å². The lowest BCUT2D eigenvalue weighted by atomic mass is 10.3. The fraction of sp³-hybridized carbons (Fsp3) is 0.875. The molecule has 1 unspecified atom stereocenters. The molecule has 0 aromatic carbocycles. The first-order valence-electron chi connectivity index (χ1n) is 3.86. The molecule has 0 aromatic rings. The molecular formula is C8H16N2O. The molecule has 0 spiro atoms. The number of ether oxygens (including phenoxy) is 1. The van der Waals surface area contributed by atoms with Gasteiger partial charge in [-0.15, -0.1) is 0 Å². The minimum atomic E-state index is 0.338. The van der Waals surface area contributed by atoms with Crippen molar-refractivity contribution in [3.05, 3.63) is 0 Å². The van der Waals surface area contributed by atoms with E-state index < -0.39 is 0 Å². The van der Waals surface area contributed by atoms with Gasteiger partial charge in [-0.25, -0.2) is 0 Å². The van der Waals surface area contributed by atoms with Crippen LogP contribution in [0.2, 0.25) is 0 Å². The topological polar surface area (TPSA) is 36.3 Å². The number of hydrogen-bond acceptors (Lipinski definition) is 3. The van der Waals surface area contributed by atoms with E-state index in [1.54, 1.807) is 7.11 Å². The molecule has 3 heteroatoms. The predicted octanol–water partition coefficient (Wildman–Crippen LogP) is 0.867. The van der Waals surface area contributed by atoms with E-state index in [0.717, 1.165) is 6.54 Å². The molecule has 0 aliphatic heterocycles. The molecule has 0 radical (unpaired) electrons. The summed E-state index contributed by atoms with van der Waals surface area (Å²) in [4.78, 5) is 2.07. The van der Waals surface area contributed by atoms with Crippen molar-refractivity contribution in [3.8, 4) is 6.07 Å². The van der Waals surface area contributed by atoms with Crippen LogP contribution in [0.3, 0.4) is 0 Å². The molecule has 0 aliphatic carbocycles.